The summed E-state index contributed by atoms with van der Waals surface area (Å²) in [5.74, 6) is -0.342. The van der Waals surface area contributed by atoms with Gasteiger partial charge in [-0.3, -0.25) is 4.98 Å². The van der Waals surface area contributed by atoms with E-state index in [2.05, 4.69) is 40.7 Å². The average Bonchev–Trinajstić information content (AvgIpc) is 2.70. The highest BCUT2D eigenvalue weighted by Gasteiger charge is 2.21. The van der Waals surface area contributed by atoms with Gasteiger partial charge in [-0.25, -0.2) is 4.79 Å². The summed E-state index contributed by atoms with van der Waals surface area (Å²) in [6.45, 7) is 13.1. The Bertz CT molecular complexity index is 1080. The topological polar surface area (TPSA) is 42.4 Å². The zero-order valence-electron chi connectivity index (χ0n) is 18.7. The van der Waals surface area contributed by atoms with Crippen LogP contribution < -0.4 is 4.90 Å². The van der Waals surface area contributed by atoms with Crippen LogP contribution in [0, 0.1) is 34.6 Å². The number of ether oxygens (including phenoxy) is 1. The van der Waals surface area contributed by atoms with Crippen LogP contribution in [0.2, 0.25) is 0 Å². The fourth-order valence-corrected chi connectivity index (χ4v) is 4.15. The monoisotopic (exact) mass is 390 g/mol. The molecule has 0 amide bonds. The van der Waals surface area contributed by atoms with Crippen LogP contribution in [0.1, 0.15) is 45.1 Å². The van der Waals surface area contributed by atoms with Crippen LogP contribution in [-0.2, 0) is 4.74 Å². The van der Waals surface area contributed by atoms with Gasteiger partial charge in [0, 0.05) is 31.2 Å². The first-order valence-electron chi connectivity index (χ1n) is 10.0. The van der Waals surface area contributed by atoms with Crippen molar-refractivity contribution in [2.75, 3.05) is 25.6 Å². The predicted molar refractivity (Wildman–Crippen MR) is 121 cm³/mol. The quantitative estimate of drug-likeness (QED) is 0.537. The lowest BCUT2D eigenvalue weighted by Gasteiger charge is -2.22. The van der Waals surface area contributed by atoms with Gasteiger partial charge in [0.25, 0.3) is 0 Å². The summed E-state index contributed by atoms with van der Waals surface area (Å²) in [4.78, 5) is 19.2. The lowest BCUT2D eigenvalue weighted by atomic mass is 9.85. The van der Waals surface area contributed by atoms with Gasteiger partial charge in [0.2, 0.25) is 0 Å². The molecule has 3 rings (SSSR count). The van der Waals surface area contributed by atoms with Gasteiger partial charge in [-0.05, 0) is 74.9 Å². The van der Waals surface area contributed by atoms with Crippen LogP contribution in [0.15, 0.2) is 24.4 Å². The van der Waals surface area contributed by atoms with Crippen molar-refractivity contribution >= 4 is 22.6 Å². The van der Waals surface area contributed by atoms with Crippen LogP contribution in [0.25, 0.3) is 22.0 Å². The second kappa shape index (κ2) is 7.86. The van der Waals surface area contributed by atoms with Crippen molar-refractivity contribution in [2.24, 2.45) is 0 Å². The Labute approximate surface area is 173 Å². The van der Waals surface area contributed by atoms with E-state index in [9.17, 15) is 4.79 Å². The Balaban J connectivity index is 2.40. The number of hydrogen-bond donors (Lipinski definition) is 0. The molecular weight excluding hydrogens is 360 g/mol. The predicted octanol–water partition coefficient (Wildman–Crippen LogP) is 5.69. The summed E-state index contributed by atoms with van der Waals surface area (Å²) in [6.07, 6.45) is 1.65. The van der Waals surface area contributed by atoms with Crippen LogP contribution in [0.4, 0.5) is 5.69 Å². The Hall–Kier alpha value is -2.88. The van der Waals surface area contributed by atoms with Crippen LogP contribution in [-0.4, -0.2) is 31.7 Å². The number of carbonyl (C=O) groups is 1. The van der Waals surface area contributed by atoms with Gasteiger partial charge < -0.3 is 9.64 Å². The van der Waals surface area contributed by atoms with Crippen LogP contribution >= 0.6 is 0 Å². The van der Waals surface area contributed by atoms with E-state index in [4.69, 9.17) is 9.72 Å². The number of carbonyl (C=O) groups excluding carboxylic acids is 1. The minimum Gasteiger partial charge on any atom is -0.462 e. The van der Waals surface area contributed by atoms with E-state index in [-0.39, 0.29) is 5.97 Å². The summed E-state index contributed by atoms with van der Waals surface area (Å²) >= 11 is 0. The van der Waals surface area contributed by atoms with E-state index in [0.29, 0.717) is 12.2 Å². The molecule has 0 aliphatic heterocycles. The van der Waals surface area contributed by atoms with E-state index in [1.54, 1.807) is 6.20 Å². The molecule has 1 aromatic heterocycles. The molecule has 0 radical (unpaired) electrons. The van der Waals surface area contributed by atoms with Crippen LogP contribution in [0.5, 0.6) is 0 Å². The molecule has 0 saturated heterocycles. The zero-order valence-corrected chi connectivity index (χ0v) is 18.7. The molecule has 0 saturated carbocycles. The number of nitrogens with zero attached hydrogens (tertiary/aromatic N) is 2. The first-order valence-corrected chi connectivity index (χ1v) is 10.0. The molecule has 0 bridgehead atoms. The maximum Gasteiger partial charge on any atom is 0.341 e. The van der Waals surface area contributed by atoms with Crippen molar-refractivity contribution < 1.29 is 9.53 Å². The SMILES string of the molecule is CCOC(=O)c1cnc2c(-c3c(C)c(C)c(C)c(C)c3C)cccc2c1N(C)C. The van der Waals surface area contributed by atoms with E-state index >= 15 is 0 Å². The smallest absolute Gasteiger partial charge is 0.341 e. The molecule has 0 spiro atoms. The Morgan fingerprint density at radius 2 is 1.55 bits per heavy atom. The van der Waals surface area contributed by atoms with Gasteiger partial charge in [-0.15, -0.1) is 0 Å². The highest BCUT2D eigenvalue weighted by molar-refractivity contribution is 6.09. The van der Waals surface area contributed by atoms with Crippen molar-refractivity contribution in [1.82, 2.24) is 4.98 Å². The number of rotatable bonds is 4. The summed E-state index contributed by atoms with van der Waals surface area (Å²) in [5.41, 5.74) is 11.1. The van der Waals surface area contributed by atoms with Gasteiger partial charge in [-0.1, -0.05) is 18.2 Å². The fraction of sp³-hybridized carbons (Fsp3) is 0.360. The summed E-state index contributed by atoms with van der Waals surface area (Å²) < 4.78 is 5.26. The third kappa shape index (κ3) is 3.37. The summed E-state index contributed by atoms with van der Waals surface area (Å²) in [5, 5.41) is 0.952. The third-order valence-corrected chi connectivity index (χ3v) is 6.08. The van der Waals surface area contributed by atoms with E-state index in [1.807, 2.05) is 38.1 Å². The largest absolute Gasteiger partial charge is 0.462 e. The Morgan fingerprint density at radius 1 is 0.966 bits per heavy atom. The molecule has 0 fully saturated rings. The minimum atomic E-state index is -0.342. The second-order valence-electron chi connectivity index (χ2n) is 7.84. The van der Waals surface area contributed by atoms with E-state index in [1.165, 1.54) is 33.4 Å². The third-order valence-electron chi connectivity index (χ3n) is 6.08. The number of fused-ring (bicyclic) bond motifs is 1. The molecule has 4 nitrogen and oxygen atoms in total. The first-order chi connectivity index (χ1) is 13.7. The number of pyridine rings is 1. The zero-order chi connectivity index (χ0) is 21.5. The summed E-state index contributed by atoms with van der Waals surface area (Å²) in [7, 11) is 3.89. The van der Waals surface area contributed by atoms with Crippen molar-refractivity contribution in [3.8, 4) is 11.1 Å². The highest BCUT2D eigenvalue weighted by atomic mass is 16.5. The van der Waals surface area contributed by atoms with Crippen molar-refractivity contribution in [2.45, 2.75) is 41.5 Å². The normalized spacial score (nSPS) is 11.0. The van der Waals surface area contributed by atoms with Crippen molar-refractivity contribution in [3.05, 3.63) is 57.8 Å². The second-order valence-corrected chi connectivity index (χ2v) is 7.84. The first kappa shape index (κ1) is 20.8. The van der Waals surface area contributed by atoms with Crippen molar-refractivity contribution in [1.29, 1.82) is 0 Å². The number of aromatic nitrogens is 1. The molecule has 4 heteroatoms. The molecule has 2 aromatic carbocycles. The van der Waals surface area contributed by atoms with Gasteiger partial charge >= 0.3 is 5.97 Å². The molecule has 1 heterocycles. The van der Waals surface area contributed by atoms with E-state index in [0.717, 1.165) is 22.2 Å². The van der Waals surface area contributed by atoms with Gasteiger partial charge in [-0.2, -0.15) is 0 Å². The molecule has 0 aliphatic carbocycles. The molecule has 0 atom stereocenters. The standard InChI is InChI=1S/C25H30N2O2/c1-9-29-25(28)21-13-26-23-19(11-10-12-20(23)24(21)27(7)8)22-17(5)15(3)14(2)16(4)18(22)6/h10-13H,9H2,1-8H3. The molecule has 0 N–H and O–H groups in total. The van der Waals surface area contributed by atoms with Gasteiger partial charge in [0.15, 0.2) is 0 Å². The molecule has 3 aromatic rings. The number of para-hydroxylation sites is 1. The number of hydrogen-bond acceptors (Lipinski definition) is 4. The maximum absolute atomic E-state index is 12.5. The van der Waals surface area contributed by atoms with Gasteiger partial charge in [0.1, 0.15) is 5.56 Å². The van der Waals surface area contributed by atoms with E-state index < -0.39 is 0 Å². The summed E-state index contributed by atoms with van der Waals surface area (Å²) in [6, 6.07) is 6.20. The molecule has 29 heavy (non-hydrogen) atoms. The van der Waals surface area contributed by atoms with Gasteiger partial charge in [0.05, 0.1) is 17.8 Å². The van der Waals surface area contributed by atoms with Crippen molar-refractivity contribution in [3.63, 3.8) is 0 Å². The average molecular weight is 391 g/mol. The Kier molecular flexibility index (Phi) is 5.65. The number of esters is 1. The number of benzene rings is 2. The minimum absolute atomic E-state index is 0.337. The molecule has 0 aliphatic rings. The maximum atomic E-state index is 12.5. The molecule has 152 valence electrons. The molecular formula is C25H30N2O2. The van der Waals surface area contributed by atoms with Crippen LogP contribution in [0.3, 0.4) is 0 Å². The Morgan fingerprint density at radius 3 is 2.10 bits per heavy atom. The lowest BCUT2D eigenvalue weighted by molar-refractivity contribution is 0.0527. The highest BCUT2D eigenvalue weighted by Crippen LogP contribution is 2.39. The fourth-order valence-electron chi connectivity index (χ4n) is 4.15. The lowest BCUT2D eigenvalue weighted by Crippen LogP contribution is -2.16. The molecule has 0 unspecified atom stereocenters. The number of anilines is 1.